The molecule has 2 aliphatic rings. The Labute approximate surface area is 209 Å². The lowest BCUT2D eigenvalue weighted by molar-refractivity contribution is -0.121. The molecule has 9 heteroatoms. The topological polar surface area (TPSA) is 85.7 Å². The van der Waals surface area contributed by atoms with Gasteiger partial charge in [0.25, 0.3) is 5.91 Å². The van der Waals surface area contributed by atoms with Crippen molar-refractivity contribution in [1.29, 1.82) is 0 Å². The van der Waals surface area contributed by atoms with Gasteiger partial charge in [0.15, 0.2) is 5.69 Å². The molecule has 0 unspecified atom stereocenters. The minimum atomic E-state index is -0.289. The van der Waals surface area contributed by atoms with Crippen molar-refractivity contribution in [2.45, 2.75) is 39.0 Å². The van der Waals surface area contributed by atoms with E-state index < -0.39 is 0 Å². The molecule has 0 saturated carbocycles. The SMILES string of the molecule is CCOc1ccc(NC(=O)C2CCN(C(=O)c3ncn4c3CO[C@H](c3ccc(F)cc3)C4)CC2)cc1. The van der Waals surface area contributed by atoms with Crippen LogP contribution in [0.3, 0.4) is 0 Å². The van der Waals surface area contributed by atoms with Crippen LogP contribution in [0, 0.1) is 11.7 Å². The lowest BCUT2D eigenvalue weighted by Crippen LogP contribution is -2.42. The van der Waals surface area contributed by atoms with Crippen molar-refractivity contribution in [2.75, 3.05) is 25.0 Å². The summed E-state index contributed by atoms with van der Waals surface area (Å²) in [4.78, 5) is 32.1. The standard InChI is InChI=1S/C27H29FN4O4/c1-2-35-22-9-7-21(8-10-22)30-26(33)19-11-13-31(14-12-19)27(34)25-23-16-36-24(15-32(23)17-29-25)18-3-5-20(28)6-4-18/h3-10,17,19,24H,2,11-16H2,1H3,(H,30,33)/t24-/m0/s1. The zero-order chi connectivity index (χ0) is 25.1. The predicted molar refractivity (Wildman–Crippen MR) is 131 cm³/mol. The van der Waals surface area contributed by atoms with Gasteiger partial charge in [-0.05, 0) is 61.7 Å². The average Bonchev–Trinajstić information content (AvgIpc) is 3.33. The molecule has 3 heterocycles. The van der Waals surface area contributed by atoms with Gasteiger partial charge in [-0.15, -0.1) is 0 Å². The lowest BCUT2D eigenvalue weighted by Gasteiger charge is -2.31. The Balaban J connectivity index is 1.16. The number of anilines is 1. The third kappa shape index (κ3) is 5.11. The fraction of sp³-hybridized carbons (Fsp3) is 0.370. The zero-order valence-corrected chi connectivity index (χ0v) is 20.2. The maximum Gasteiger partial charge on any atom is 0.274 e. The van der Waals surface area contributed by atoms with Crippen LogP contribution < -0.4 is 10.1 Å². The van der Waals surface area contributed by atoms with Crippen LogP contribution in [-0.2, 0) is 22.7 Å². The number of carbonyl (C=O) groups excluding carboxylic acids is 2. The van der Waals surface area contributed by atoms with Gasteiger partial charge in [-0.25, -0.2) is 9.37 Å². The van der Waals surface area contributed by atoms with Crippen molar-refractivity contribution >= 4 is 17.5 Å². The number of amides is 2. The fourth-order valence-corrected chi connectivity index (χ4v) is 4.72. The summed E-state index contributed by atoms with van der Waals surface area (Å²) in [7, 11) is 0. The molecule has 2 amide bonds. The molecule has 1 atom stereocenters. The first-order chi connectivity index (χ1) is 17.5. The quantitative estimate of drug-likeness (QED) is 0.558. The van der Waals surface area contributed by atoms with E-state index in [0.717, 1.165) is 22.7 Å². The van der Waals surface area contributed by atoms with Crippen molar-refractivity contribution in [3.63, 3.8) is 0 Å². The van der Waals surface area contributed by atoms with E-state index >= 15 is 0 Å². The van der Waals surface area contributed by atoms with Gasteiger partial charge in [0.05, 0.1) is 31.8 Å². The molecule has 0 spiro atoms. The van der Waals surface area contributed by atoms with Crippen LogP contribution in [0.25, 0.3) is 0 Å². The molecule has 1 saturated heterocycles. The Hall–Kier alpha value is -3.72. The molecule has 1 aromatic heterocycles. The van der Waals surface area contributed by atoms with Crippen LogP contribution in [-0.4, -0.2) is 46.0 Å². The Bertz CT molecular complexity index is 1220. The van der Waals surface area contributed by atoms with Gasteiger partial charge in [0, 0.05) is 24.7 Å². The Kier molecular flexibility index (Phi) is 6.99. The van der Waals surface area contributed by atoms with Crippen molar-refractivity contribution in [3.8, 4) is 5.75 Å². The normalized spacial score (nSPS) is 17.9. The number of halogens is 1. The number of rotatable bonds is 6. The molecular weight excluding hydrogens is 463 g/mol. The zero-order valence-electron chi connectivity index (χ0n) is 20.2. The maximum atomic E-state index is 13.2. The summed E-state index contributed by atoms with van der Waals surface area (Å²) in [6.45, 7) is 4.26. The summed E-state index contributed by atoms with van der Waals surface area (Å²) in [5.74, 6) is 0.142. The van der Waals surface area contributed by atoms with Crippen molar-refractivity contribution in [2.24, 2.45) is 5.92 Å². The second-order valence-electron chi connectivity index (χ2n) is 9.06. The van der Waals surface area contributed by atoms with Crippen LogP contribution >= 0.6 is 0 Å². The smallest absolute Gasteiger partial charge is 0.274 e. The monoisotopic (exact) mass is 492 g/mol. The minimum Gasteiger partial charge on any atom is -0.494 e. The highest BCUT2D eigenvalue weighted by atomic mass is 19.1. The molecule has 2 aromatic carbocycles. The highest BCUT2D eigenvalue weighted by Crippen LogP contribution is 2.29. The molecule has 188 valence electrons. The van der Waals surface area contributed by atoms with E-state index in [-0.39, 0.29) is 36.3 Å². The highest BCUT2D eigenvalue weighted by molar-refractivity contribution is 5.95. The number of hydrogen-bond donors (Lipinski definition) is 1. The number of carbonyl (C=O) groups is 2. The molecular formula is C27H29FN4O4. The number of ether oxygens (including phenoxy) is 2. The number of benzene rings is 2. The third-order valence-electron chi connectivity index (χ3n) is 6.76. The first-order valence-corrected chi connectivity index (χ1v) is 12.3. The van der Waals surface area contributed by atoms with E-state index in [2.05, 4.69) is 10.3 Å². The summed E-state index contributed by atoms with van der Waals surface area (Å²) < 4.78 is 26.6. The molecule has 1 N–H and O–H groups in total. The maximum absolute atomic E-state index is 13.2. The van der Waals surface area contributed by atoms with E-state index in [1.165, 1.54) is 12.1 Å². The van der Waals surface area contributed by atoms with E-state index in [9.17, 15) is 14.0 Å². The van der Waals surface area contributed by atoms with E-state index in [4.69, 9.17) is 9.47 Å². The lowest BCUT2D eigenvalue weighted by atomic mass is 9.95. The fourth-order valence-electron chi connectivity index (χ4n) is 4.72. The van der Waals surface area contributed by atoms with E-state index in [0.29, 0.717) is 44.8 Å². The van der Waals surface area contributed by atoms with E-state index in [1.54, 1.807) is 23.4 Å². The molecule has 2 aliphatic heterocycles. The average molecular weight is 493 g/mol. The first kappa shape index (κ1) is 24.0. The number of fused-ring (bicyclic) bond motifs is 1. The van der Waals surface area contributed by atoms with Crippen LogP contribution in [0.5, 0.6) is 5.75 Å². The molecule has 0 bridgehead atoms. The number of aromatic nitrogens is 2. The van der Waals surface area contributed by atoms with Gasteiger partial charge in [-0.1, -0.05) is 12.1 Å². The molecule has 1 fully saturated rings. The number of hydrogen-bond acceptors (Lipinski definition) is 5. The molecule has 8 nitrogen and oxygen atoms in total. The number of piperidine rings is 1. The van der Waals surface area contributed by atoms with Crippen molar-refractivity contribution in [1.82, 2.24) is 14.5 Å². The number of imidazole rings is 1. The van der Waals surface area contributed by atoms with E-state index in [1.807, 2.05) is 35.8 Å². The molecule has 0 aliphatic carbocycles. The molecule has 5 rings (SSSR count). The molecule has 3 aromatic rings. The van der Waals surface area contributed by atoms with Crippen molar-refractivity contribution < 1.29 is 23.5 Å². The third-order valence-corrected chi connectivity index (χ3v) is 6.76. The number of likely N-dealkylation sites (tertiary alicyclic amines) is 1. The van der Waals surface area contributed by atoms with Gasteiger partial charge < -0.3 is 24.3 Å². The van der Waals surface area contributed by atoms with Crippen LogP contribution in [0.4, 0.5) is 10.1 Å². The summed E-state index contributed by atoms with van der Waals surface area (Å²) in [6.07, 6.45) is 2.63. The van der Waals surface area contributed by atoms with Gasteiger partial charge in [0.1, 0.15) is 17.7 Å². The Morgan fingerprint density at radius 1 is 1.11 bits per heavy atom. The largest absolute Gasteiger partial charge is 0.494 e. The second kappa shape index (κ2) is 10.5. The van der Waals surface area contributed by atoms with Crippen LogP contribution in [0.2, 0.25) is 0 Å². The van der Waals surface area contributed by atoms with Gasteiger partial charge >= 0.3 is 0 Å². The summed E-state index contributed by atoms with van der Waals surface area (Å²) >= 11 is 0. The highest BCUT2D eigenvalue weighted by Gasteiger charge is 2.32. The second-order valence-corrected chi connectivity index (χ2v) is 9.06. The van der Waals surface area contributed by atoms with Crippen molar-refractivity contribution in [3.05, 3.63) is 77.6 Å². The summed E-state index contributed by atoms with van der Waals surface area (Å²) in [6, 6.07) is 13.6. The van der Waals surface area contributed by atoms with Gasteiger partial charge in [-0.3, -0.25) is 9.59 Å². The van der Waals surface area contributed by atoms with Gasteiger partial charge in [0.2, 0.25) is 5.91 Å². The van der Waals surface area contributed by atoms with Crippen LogP contribution in [0.15, 0.2) is 54.9 Å². The van der Waals surface area contributed by atoms with Crippen LogP contribution in [0.1, 0.15) is 47.6 Å². The first-order valence-electron chi connectivity index (χ1n) is 12.3. The van der Waals surface area contributed by atoms with Gasteiger partial charge in [-0.2, -0.15) is 0 Å². The number of nitrogens with one attached hydrogen (secondary N) is 1. The summed E-state index contributed by atoms with van der Waals surface area (Å²) in [5, 5.41) is 2.96. The predicted octanol–water partition coefficient (Wildman–Crippen LogP) is 4.18. The Morgan fingerprint density at radius 3 is 2.53 bits per heavy atom. The minimum absolute atomic E-state index is 0.0362. The number of nitrogens with zero attached hydrogens (tertiary/aromatic N) is 3. The molecule has 36 heavy (non-hydrogen) atoms. The summed E-state index contributed by atoms with van der Waals surface area (Å²) in [5.41, 5.74) is 2.75. The Morgan fingerprint density at radius 2 is 1.83 bits per heavy atom. The molecule has 0 radical (unpaired) electrons.